The summed E-state index contributed by atoms with van der Waals surface area (Å²) in [7, 11) is 3.28. The number of carboxylic acid groups (broad SMARTS) is 1. The van der Waals surface area contributed by atoms with E-state index in [0.29, 0.717) is 16.6 Å². The molecular formula is C32H37F2N5O5. The van der Waals surface area contributed by atoms with Gasteiger partial charge < -0.3 is 20.1 Å². The number of aromatic nitrogens is 3. The van der Waals surface area contributed by atoms with Gasteiger partial charge in [0.1, 0.15) is 11.8 Å². The first-order chi connectivity index (χ1) is 20.7. The predicted molar refractivity (Wildman–Crippen MR) is 162 cm³/mol. The Bertz CT molecular complexity index is 1780. The van der Waals surface area contributed by atoms with E-state index in [1.807, 2.05) is 40.0 Å². The maximum atomic E-state index is 15.4. The molecule has 0 saturated heterocycles. The Morgan fingerprint density at radius 3 is 2.48 bits per heavy atom. The molecule has 0 aliphatic heterocycles. The van der Waals surface area contributed by atoms with Crippen molar-refractivity contribution in [3.8, 4) is 11.1 Å². The molecule has 44 heavy (non-hydrogen) atoms. The van der Waals surface area contributed by atoms with Crippen LogP contribution in [0.5, 0.6) is 0 Å². The van der Waals surface area contributed by atoms with Crippen LogP contribution in [0.4, 0.5) is 8.78 Å². The molecule has 4 rings (SSSR count). The monoisotopic (exact) mass is 609 g/mol. The van der Waals surface area contributed by atoms with E-state index in [-0.39, 0.29) is 23.5 Å². The van der Waals surface area contributed by atoms with Crippen LogP contribution in [-0.2, 0) is 18.9 Å². The molecule has 0 aliphatic carbocycles. The van der Waals surface area contributed by atoms with Crippen LogP contribution in [0.3, 0.4) is 0 Å². The van der Waals surface area contributed by atoms with Crippen molar-refractivity contribution in [2.75, 3.05) is 0 Å². The maximum Gasteiger partial charge on any atom is 0.305 e. The highest BCUT2D eigenvalue weighted by Gasteiger charge is 2.30. The largest absolute Gasteiger partial charge is 0.481 e. The molecule has 2 aromatic carbocycles. The van der Waals surface area contributed by atoms with E-state index in [1.54, 1.807) is 11.7 Å². The average Bonchev–Trinajstić information content (AvgIpc) is 3.30. The molecule has 2 heterocycles. The quantitative estimate of drug-likeness (QED) is 0.188. The number of hydrogen-bond donors (Lipinski definition) is 4. The molecule has 12 heteroatoms. The Balaban J connectivity index is 1.73. The lowest BCUT2D eigenvalue weighted by molar-refractivity contribution is -0.137. The lowest BCUT2D eigenvalue weighted by Crippen LogP contribution is -2.52. The van der Waals surface area contributed by atoms with E-state index in [0.717, 1.165) is 22.6 Å². The number of carboxylic acids is 1. The SMILES string of the molecule is Cc1cc2cn(C)nc2c(C)c1-c1cc(F)c(F)c([C@H](CC(=O)O)NC(O)[C@H](CC(C)C)NC(=O)c2cccn(C)c2=O)c1. The highest BCUT2D eigenvalue weighted by molar-refractivity contribution is 5.94. The Morgan fingerprint density at radius 1 is 1.11 bits per heavy atom. The van der Waals surface area contributed by atoms with Gasteiger partial charge >= 0.3 is 5.97 Å². The highest BCUT2D eigenvalue weighted by atomic mass is 19.2. The average molecular weight is 610 g/mol. The molecule has 0 bridgehead atoms. The van der Waals surface area contributed by atoms with Crippen molar-refractivity contribution >= 4 is 22.8 Å². The third-order valence-electron chi connectivity index (χ3n) is 7.62. The zero-order chi connectivity index (χ0) is 32.5. The number of benzene rings is 2. The van der Waals surface area contributed by atoms with Crippen LogP contribution < -0.4 is 16.2 Å². The molecule has 2 aromatic heterocycles. The lowest BCUT2D eigenvalue weighted by atomic mass is 9.90. The van der Waals surface area contributed by atoms with Crippen LogP contribution >= 0.6 is 0 Å². The highest BCUT2D eigenvalue weighted by Crippen LogP contribution is 2.36. The Hall–Kier alpha value is -4.42. The fourth-order valence-corrected chi connectivity index (χ4v) is 5.62. The molecule has 0 aliphatic rings. The molecule has 10 nitrogen and oxygen atoms in total. The maximum absolute atomic E-state index is 15.4. The summed E-state index contributed by atoms with van der Waals surface area (Å²) in [5, 5.41) is 31.7. The van der Waals surface area contributed by atoms with Gasteiger partial charge in [-0.15, -0.1) is 0 Å². The number of carbonyl (C=O) groups excluding carboxylic acids is 1. The number of amides is 1. The summed E-state index contributed by atoms with van der Waals surface area (Å²) in [4.78, 5) is 37.4. The minimum absolute atomic E-state index is 0.0433. The van der Waals surface area contributed by atoms with Crippen LogP contribution in [-0.4, -0.2) is 48.7 Å². The minimum Gasteiger partial charge on any atom is -0.481 e. The van der Waals surface area contributed by atoms with Gasteiger partial charge in [0.15, 0.2) is 11.6 Å². The van der Waals surface area contributed by atoms with Crippen molar-refractivity contribution in [3.05, 3.63) is 87.0 Å². The van der Waals surface area contributed by atoms with E-state index in [2.05, 4.69) is 15.7 Å². The summed E-state index contributed by atoms with van der Waals surface area (Å²) >= 11 is 0. The number of fused-ring (bicyclic) bond motifs is 1. The zero-order valence-corrected chi connectivity index (χ0v) is 25.5. The summed E-state index contributed by atoms with van der Waals surface area (Å²) in [5.74, 6) is -4.54. The number of pyridine rings is 1. The summed E-state index contributed by atoms with van der Waals surface area (Å²) in [6.45, 7) is 7.37. The molecule has 4 aromatic rings. The van der Waals surface area contributed by atoms with Gasteiger partial charge in [0.2, 0.25) is 0 Å². The van der Waals surface area contributed by atoms with E-state index < -0.39 is 53.8 Å². The van der Waals surface area contributed by atoms with E-state index >= 15 is 8.78 Å². The zero-order valence-electron chi connectivity index (χ0n) is 25.5. The Labute approximate surface area is 253 Å². The Kier molecular flexibility index (Phi) is 9.65. The number of aliphatic carboxylic acids is 1. The van der Waals surface area contributed by atoms with Gasteiger partial charge in [-0.3, -0.25) is 24.4 Å². The van der Waals surface area contributed by atoms with Gasteiger partial charge in [-0.2, -0.15) is 5.10 Å². The third-order valence-corrected chi connectivity index (χ3v) is 7.62. The second-order valence-electron chi connectivity index (χ2n) is 11.6. The summed E-state index contributed by atoms with van der Waals surface area (Å²) in [6.07, 6.45) is 1.29. The van der Waals surface area contributed by atoms with Crippen molar-refractivity contribution in [1.29, 1.82) is 0 Å². The number of nitrogens with zero attached hydrogens (tertiary/aromatic N) is 3. The molecule has 0 saturated carbocycles. The van der Waals surface area contributed by atoms with Gasteiger partial charge in [0.05, 0.1) is 18.0 Å². The molecule has 4 N–H and O–H groups in total. The first kappa shape index (κ1) is 32.5. The molecular weight excluding hydrogens is 572 g/mol. The number of nitrogens with one attached hydrogen (secondary N) is 2. The normalized spacial score (nSPS) is 13.7. The minimum atomic E-state index is -1.59. The van der Waals surface area contributed by atoms with Crippen LogP contribution in [0.1, 0.15) is 59.8 Å². The number of aliphatic hydroxyl groups is 1. The number of carbonyl (C=O) groups is 2. The Morgan fingerprint density at radius 2 is 1.82 bits per heavy atom. The van der Waals surface area contributed by atoms with Gasteiger partial charge in [0.25, 0.3) is 11.5 Å². The summed E-state index contributed by atoms with van der Waals surface area (Å²) < 4.78 is 33.5. The molecule has 0 fully saturated rings. The third kappa shape index (κ3) is 6.87. The smallest absolute Gasteiger partial charge is 0.305 e. The molecule has 0 radical (unpaired) electrons. The van der Waals surface area contributed by atoms with E-state index in [4.69, 9.17) is 0 Å². The van der Waals surface area contributed by atoms with Crippen LogP contribution in [0, 0.1) is 31.4 Å². The summed E-state index contributed by atoms with van der Waals surface area (Å²) in [5.41, 5.74) is 2.18. The molecule has 3 atom stereocenters. The van der Waals surface area contributed by atoms with Crippen molar-refractivity contribution < 1.29 is 28.6 Å². The second-order valence-corrected chi connectivity index (χ2v) is 11.6. The number of rotatable bonds is 11. The first-order valence-corrected chi connectivity index (χ1v) is 14.2. The molecule has 1 unspecified atom stereocenters. The standard InChI is InChI=1S/C32H37F2N5O5/c1-16(2)10-25(36-30(42)21-8-7-9-38(5)32(21)44)31(43)35-24(14-26(40)41)22-12-19(13-23(33)28(22)34)27-17(3)11-20-15-39(6)37-29(20)18(27)4/h7-9,11-13,15-16,24-25,31,35,43H,10,14H2,1-6H3,(H,36,42)(H,40,41)/t24-,25-,31?/m0/s1. The fourth-order valence-electron chi connectivity index (χ4n) is 5.62. The first-order valence-electron chi connectivity index (χ1n) is 14.2. The molecule has 0 spiro atoms. The topological polar surface area (TPSA) is 138 Å². The number of aliphatic hydroxyl groups excluding tert-OH is 1. The fraction of sp³-hybridized carbons (Fsp3) is 0.375. The van der Waals surface area contributed by atoms with Crippen molar-refractivity contribution in [1.82, 2.24) is 25.0 Å². The van der Waals surface area contributed by atoms with Gasteiger partial charge in [-0.05, 0) is 78.8 Å². The van der Waals surface area contributed by atoms with Crippen molar-refractivity contribution in [3.63, 3.8) is 0 Å². The number of halogens is 2. The van der Waals surface area contributed by atoms with Crippen LogP contribution in [0.15, 0.2) is 47.5 Å². The van der Waals surface area contributed by atoms with E-state index in [1.165, 1.54) is 36.0 Å². The van der Waals surface area contributed by atoms with Crippen molar-refractivity contribution in [2.45, 2.75) is 58.8 Å². The number of aryl methyl sites for hydroxylation is 4. The van der Waals surface area contributed by atoms with Crippen LogP contribution in [0.25, 0.3) is 22.0 Å². The lowest BCUT2D eigenvalue weighted by Gasteiger charge is -2.30. The second kappa shape index (κ2) is 13.1. The molecule has 234 valence electrons. The van der Waals surface area contributed by atoms with Gasteiger partial charge in [0, 0.05) is 43.5 Å². The molecule has 1 amide bonds. The van der Waals surface area contributed by atoms with Gasteiger partial charge in [-0.1, -0.05) is 13.8 Å². The van der Waals surface area contributed by atoms with Gasteiger partial charge in [-0.25, -0.2) is 8.78 Å². The van der Waals surface area contributed by atoms with E-state index in [9.17, 15) is 24.6 Å². The van der Waals surface area contributed by atoms with Crippen LogP contribution in [0.2, 0.25) is 0 Å². The summed E-state index contributed by atoms with van der Waals surface area (Å²) in [6, 6.07) is 4.82. The predicted octanol–water partition coefficient (Wildman–Crippen LogP) is 4.10. The van der Waals surface area contributed by atoms with Crippen molar-refractivity contribution in [2.24, 2.45) is 20.0 Å². The number of hydrogen-bond acceptors (Lipinski definition) is 6.